The Morgan fingerprint density at radius 2 is 1.69 bits per heavy atom. The number of nitrogens with zero attached hydrogens (tertiary/aromatic N) is 4. The predicted octanol–water partition coefficient (Wildman–Crippen LogP) is 5.15. The topological polar surface area (TPSA) is 51.0 Å². The molecule has 0 unspecified atom stereocenters. The number of rotatable bonds is 6. The number of hydrogen-bond donors (Lipinski definition) is 0. The molecule has 1 amide bonds. The van der Waals surface area contributed by atoms with Crippen LogP contribution in [0.15, 0.2) is 72.0 Å². The minimum atomic E-state index is -0.247. The van der Waals surface area contributed by atoms with E-state index in [1.54, 1.807) is 30.1 Å². The molecule has 1 fully saturated rings. The van der Waals surface area contributed by atoms with Gasteiger partial charge in [-0.15, -0.1) is 0 Å². The second-order valence-electron chi connectivity index (χ2n) is 7.94. The highest BCUT2D eigenvalue weighted by molar-refractivity contribution is 7.98. The zero-order valence-corrected chi connectivity index (χ0v) is 18.4. The molecule has 0 bridgehead atoms. The van der Waals surface area contributed by atoms with Gasteiger partial charge in [0, 0.05) is 30.6 Å². The fourth-order valence-corrected chi connectivity index (χ4v) is 4.92. The van der Waals surface area contributed by atoms with Crippen molar-refractivity contribution >= 4 is 28.8 Å². The van der Waals surface area contributed by atoms with Crippen molar-refractivity contribution < 1.29 is 9.18 Å². The van der Waals surface area contributed by atoms with Crippen LogP contribution in [-0.4, -0.2) is 38.4 Å². The quantitative estimate of drug-likeness (QED) is 0.385. The van der Waals surface area contributed by atoms with E-state index in [1.165, 1.54) is 12.1 Å². The molecule has 0 radical (unpaired) electrons. The van der Waals surface area contributed by atoms with E-state index >= 15 is 0 Å². The summed E-state index contributed by atoms with van der Waals surface area (Å²) in [5.41, 5.74) is 4.51. The van der Waals surface area contributed by atoms with Crippen LogP contribution in [0, 0.1) is 5.82 Å². The summed E-state index contributed by atoms with van der Waals surface area (Å²) in [4.78, 5) is 23.8. The molecule has 32 heavy (non-hydrogen) atoms. The Bertz CT molecular complexity index is 1230. The van der Waals surface area contributed by atoms with Gasteiger partial charge in [0.15, 0.2) is 10.8 Å². The Labute approximate surface area is 190 Å². The Morgan fingerprint density at radius 3 is 2.44 bits per heavy atom. The molecular weight excluding hydrogens is 423 g/mol. The van der Waals surface area contributed by atoms with Crippen LogP contribution in [0.1, 0.15) is 34.3 Å². The van der Waals surface area contributed by atoms with Gasteiger partial charge in [-0.3, -0.25) is 9.36 Å². The van der Waals surface area contributed by atoms with Gasteiger partial charge in [0.1, 0.15) is 11.3 Å². The molecule has 2 aromatic heterocycles. The summed E-state index contributed by atoms with van der Waals surface area (Å²) in [5, 5.41) is 0.861. The molecule has 5 nitrogen and oxygen atoms in total. The molecule has 0 saturated carbocycles. The number of likely N-dealkylation sites (tertiary alicyclic amines) is 1. The zero-order valence-electron chi connectivity index (χ0n) is 17.6. The van der Waals surface area contributed by atoms with Gasteiger partial charge in [-0.25, -0.2) is 14.4 Å². The van der Waals surface area contributed by atoms with Gasteiger partial charge >= 0.3 is 0 Å². The minimum absolute atomic E-state index is 0.119. The van der Waals surface area contributed by atoms with E-state index < -0.39 is 0 Å². The second kappa shape index (κ2) is 9.12. The fraction of sp³-hybridized carbons (Fsp3) is 0.240. The van der Waals surface area contributed by atoms with Crippen molar-refractivity contribution in [2.24, 2.45) is 0 Å². The Morgan fingerprint density at radius 1 is 0.969 bits per heavy atom. The smallest absolute Gasteiger partial charge is 0.253 e. The van der Waals surface area contributed by atoms with Crippen LogP contribution in [0.2, 0.25) is 0 Å². The van der Waals surface area contributed by atoms with Crippen molar-refractivity contribution in [2.45, 2.75) is 30.3 Å². The van der Waals surface area contributed by atoms with Crippen molar-refractivity contribution in [3.63, 3.8) is 0 Å². The number of amides is 1. The number of halogens is 1. The molecule has 0 atom stereocenters. The third-order valence-corrected chi connectivity index (χ3v) is 6.73. The molecule has 3 heterocycles. The van der Waals surface area contributed by atoms with E-state index in [4.69, 9.17) is 4.98 Å². The van der Waals surface area contributed by atoms with Crippen LogP contribution < -0.4 is 0 Å². The highest BCUT2D eigenvalue weighted by Gasteiger charge is 2.19. The summed E-state index contributed by atoms with van der Waals surface area (Å²) in [6.45, 7) is 2.28. The first kappa shape index (κ1) is 20.7. The molecule has 1 saturated heterocycles. The van der Waals surface area contributed by atoms with Crippen LogP contribution in [-0.2, 0) is 12.3 Å². The monoisotopic (exact) mass is 446 g/mol. The van der Waals surface area contributed by atoms with Crippen LogP contribution in [0.4, 0.5) is 4.39 Å². The molecule has 5 rings (SSSR count). The number of aromatic nitrogens is 3. The maximum atomic E-state index is 13.3. The lowest BCUT2D eigenvalue weighted by molar-refractivity contribution is 0.0793. The van der Waals surface area contributed by atoms with Crippen LogP contribution in [0.3, 0.4) is 0 Å². The normalized spacial score (nSPS) is 13.7. The van der Waals surface area contributed by atoms with Crippen molar-refractivity contribution in [3.8, 4) is 0 Å². The molecule has 0 N–H and O–H groups in total. The van der Waals surface area contributed by atoms with E-state index in [9.17, 15) is 9.18 Å². The molecule has 4 aromatic rings. The number of imidazole rings is 1. The molecular formula is C25H23FN4OS. The maximum Gasteiger partial charge on any atom is 0.253 e. The standard InChI is InChI=1S/C25H23FN4OS/c26-21-11-7-18(8-12-21)16-30-23-22(4-3-13-27-23)28-25(30)32-17-19-5-9-20(10-6-19)24(31)29-14-1-2-15-29/h3-13H,1-2,14-17H2. The van der Waals surface area contributed by atoms with E-state index in [0.717, 1.165) is 64.7 Å². The average molecular weight is 447 g/mol. The van der Waals surface area contributed by atoms with E-state index in [-0.39, 0.29) is 11.7 Å². The van der Waals surface area contributed by atoms with Gasteiger partial charge < -0.3 is 4.90 Å². The first-order chi connectivity index (χ1) is 15.7. The summed E-state index contributed by atoms with van der Waals surface area (Å²) >= 11 is 1.63. The van der Waals surface area contributed by atoms with Gasteiger partial charge in [0.25, 0.3) is 5.91 Å². The van der Waals surface area contributed by atoms with Crippen LogP contribution in [0.5, 0.6) is 0 Å². The average Bonchev–Trinajstić information content (AvgIpc) is 3.48. The lowest BCUT2D eigenvalue weighted by atomic mass is 10.1. The largest absolute Gasteiger partial charge is 0.339 e. The number of carbonyl (C=O) groups excluding carboxylic acids is 1. The molecule has 0 aliphatic carbocycles. The number of thioether (sulfide) groups is 1. The fourth-order valence-electron chi connectivity index (χ4n) is 3.96. The second-order valence-corrected chi connectivity index (χ2v) is 8.88. The third-order valence-electron chi connectivity index (χ3n) is 5.68. The van der Waals surface area contributed by atoms with Gasteiger partial charge in [0.05, 0.1) is 6.54 Å². The third kappa shape index (κ3) is 4.39. The highest BCUT2D eigenvalue weighted by atomic mass is 32.2. The van der Waals surface area contributed by atoms with Gasteiger partial charge in [-0.1, -0.05) is 36.0 Å². The maximum absolute atomic E-state index is 13.3. The summed E-state index contributed by atoms with van der Waals surface area (Å²) in [5.74, 6) is 0.600. The zero-order chi connectivity index (χ0) is 21.9. The molecule has 2 aromatic carbocycles. The van der Waals surface area contributed by atoms with Crippen LogP contribution in [0.25, 0.3) is 11.2 Å². The van der Waals surface area contributed by atoms with Crippen LogP contribution >= 0.6 is 11.8 Å². The number of benzene rings is 2. The molecule has 162 valence electrons. The lowest BCUT2D eigenvalue weighted by Crippen LogP contribution is -2.27. The van der Waals surface area contributed by atoms with Crippen molar-refractivity contribution in [1.82, 2.24) is 19.4 Å². The highest BCUT2D eigenvalue weighted by Crippen LogP contribution is 2.27. The van der Waals surface area contributed by atoms with E-state index in [0.29, 0.717) is 6.54 Å². The van der Waals surface area contributed by atoms with Crippen molar-refractivity contribution in [2.75, 3.05) is 13.1 Å². The number of fused-ring (bicyclic) bond motifs is 1. The minimum Gasteiger partial charge on any atom is -0.339 e. The summed E-state index contributed by atoms with van der Waals surface area (Å²) in [7, 11) is 0. The Kier molecular flexibility index (Phi) is 5.90. The first-order valence-corrected chi connectivity index (χ1v) is 11.7. The summed E-state index contributed by atoms with van der Waals surface area (Å²) < 4.78 is 15.4. The Balaban J connectivity index is 1.33. The SMILES string of the molecule is O=C(c1ccc(CSc2nc3cccnc3n2Cc2ccc(F)cc2)cc1)N1CCCC1. The molecule has 1 aliphatic rings. The van der Waals surface area contributed by atoms with Gasteiger partial charge in [-0.05, 0) is 60.4 Å². The van der Waals surface area contributed by atoms with Crippen molar-refractivity contribution in [1.29, 1.82) is 0 Å². The van der Waals surface area contributed by atoms with E-state index in [2.05, 4.69) is 9.55 Å². The summed E-state index contributed by atoms with van der Waals surface area (Å²) in [6, 6.07) is 18.2. The summed E-state index contributed by atoms with van der Waals surface area (Å²) in [6.07, 6.45) is 3.94. The Hall–Kier alpha value is -3.19. The molecule has 1 aliphatic heterocycles. The molecule has 7 heteroatoms. The number of hydrogen-bond acceptors (Lipinski definition) is 4. The first-order valence-electron chi connectivity index (χ1n) is 10.7. The number of carbonyl (C=O) groups is 1. The van der Waals surface area contributed by atoms with Gasteiger partial charge in [-0.2, -0.15) is 0 Å². The molecule has 0 spiro atoms. The predicted molar refractivity (Wildman–Crippen MR) is 124 cm³/mol. The van der Waals surface area contributed by atoms with E-state index in [1.807, 2.05) is 41.3 Å². The van der Waals surface area contributed by atoms with Gasteiger partial charge in [0.2, 0.25) is 0 Å². The number of pyridine rings is 1. The van der Waals surface area contributed by atoms with Crippen molar-refractivity contribution in [3.05, 3.63) is 89.4 Å². The lowest BCUT2D eigenvalue weighted by Gasteiger charge is -2.15.